The topological polar surface area (TPSA) is 35.5 Å². The maximum absolute atomic E-state index is 9.68. The van der Waals surface area contributed by atoms with Crippen molar-refractivity contribution in [2.24, 2.45) is 5.92 Å². The lowest BCUT2D eigenvalue weighted by atomic mass is 9.89. The first-order valence-corrected chi connectivity index (χ1v) is 7.42. The zero-order valence-electron chi connectivity index (χ0n) is 11.2. The Kier molecular flexibility index (Phi) is 5.26. The van der Waals surface area contributed by atoms with E-state index in [1.807, 2.05) is 0 Å². The Hall–Kier alpha value is -0.120. The first kappa shape index (κ1) is 13.3. The molecule has 0 aromatic carbocycles. The van der Waals surface area contributed by atoms with E-state index in [0.717, 1.165) is 32.0 Å². The highest BCUT2D eigenvalue weighted by Crippen LogP contribution is 2.23. The third-order valence-corrected chi connectivity index (χ3v) is 4.45. The molecule has 2 rings (SSSR count). The minimum Gasteiger partial charge on any atom is -0.392 e. The van der Waals surface area contributed by atoms with Crippen LogP contribution in [0, 0.1) is 5.92 Å². The summed E-state index contributed by atoms with van der Waals surface area (Å²) in [5.41, 5.74) is 0. The Morgan fingerprint density at radius 3 is 2.65 bits per heavy atom. The quantitative estimate of drug-likeness (QED) is 0.766. The normalized spacial score (nSPS) is 32.1. The molecule has 17 heavy (non-hydrogen) atoms. The molecule has 0 spiro atoms. The maximum Gasteiger partial charge on any atom is 0.0682 e. The molecule has 0 radical (unpaired) electrons. The second-order valence-corrected chi connectivity index (χ2v) is 5.79. The van der Waals surface area contributed by atoms with Crippen LogP contribution >= 0.6 is 0 Å². The van der Waals surface area contributed by atoms with Crippen LogP contribution in [0.1, 0.15) is 45.4 Å². The van der Waals surface area contributed by atoms with Gasteiger partial charge in [-0.25, -0.2) is 0 Å². The highest BCUT2D eigenvalue weighted by molar-refractivity contribution is 4.86. The maximum atomic E-state index is 9.68. The molecular weight excluding hydrogens is 212 g/mol. The second-order valence-electron chi connectivity index (χ2n) is 5.79. The third-order valence-electron chi connectivity index (χ3n) is 4.45. The van der Waals surface area contributed by atoms with Crippen molar-refractivity contribution < 1.29 is 5.11 Å². The molecule has 2 fully saturated rings. The smallest absolute Gasteiger partial charge is 0.0682 e. The van der Waals surface area contributed by atoms with Crippen LogP contribution in [-0.2, 0) is 0 Å². The molecule has 0 aromatic heterocycles. The Balaban J connectivity index is 1.63. The van der Waals surface area contributed by atoms with Crippen molar-refractivity contribution in [1.29, 1.82) is 0 Å². The lowest BCUT2D eigenvalue weighted by Gasteiger charge is -2.25. The van der Waals surface area contributed by atoms with Gasteiger partial charge in [0.1, 0.15) is 0 Å². The van der Waals surface area contributed by atoms with Gasteiger partial charge in [0.2, 0.25) is 0 Å². The van der Waals surface area contributed by atoms with E-state index in [9.17, 15) is 5.11 Å². The predicted molar refractivity (Wildman–Crippen MR) is 71.1 cm³/mol. The van der Waals surface area contributed by atoms with Crippen LogP contribution < -0.4 is 5.32 Å². The van der Waals surface area contributed by atoms with E-state index in [0.29, 0.717) is 6.04 Å². The zero-order valence-corrected chi connectivity index (χ0v) is 11.2. The highest BCUT2D eigenvalue weighted by Gasteiger charge is 2.29. The van der Waals surface area contributed by atoms with Crippen molar-refractivity contribution in [3.8, 4) is 0 Å². The second kappa shape index (κ2) is 6.72. The number of likely N-dealkylation sites (N-methyl/N-ethyl adjacent to an activating group) is 1. The summed E-state index contributed by atoms with van der Waals surface area (Å²) in [5, 5.41) is 13.3. The molecule has 0 amide bonds. The van der Waals surface area contributed by atoms with Crippen molar-refractivity contribution >= 4 is 0 Å². The Bertz CT molecular complexity index is 216. The average molecular weight is 240 g/mol. The van der Waals surface area contributed by atoms with Gasteiger partial charge in [0.25, 0.3) is 0 Å². The molecule has 1 aliphatic heterocycles. The van der Waals surface area contributed by atoms with E-state index in [1.165, 1.54) is 38.6 Å². The van der Waals surface area contributed by atoms with Gasteiger partial charge in [-0.05, 0) is 38.3 Å². The van der Waals surface area contributed by atoms with E-state index in [2.05, 4.69) is 17.1 Å². The van der Waals surface area contributed by atoms with Crippen molar-refractivity contribution in [3.63, 3.8) is 0 Å². The van der Waals surface area contributed by atoms with Crippen LogP contribution in [0.25, 0.3) is 0 Å². The fraction of sp³-hybridized carbons (Fsp3) is 1.00. The largest absolute Gasteiger partial charge is 0.392 e. The summed E-state index contributed by atoms with van der Waals surface area (Å²) in [5.74, 6) is 0.908. The molecule has 1 aliphatic carbocycles. The van der Waals surface area contributed by atoms with Gasteiger partial charge in [-0.1, -0.05) is 26.2 Å². The number of likely N-dealkylation sites (tertiary alicyclic amines) is 1. The Labute approximate surface area is 106 Å². The van der Waals surface area contributed by atoms with Gasteiger partial charge >= 0.3 is 0 Å². The van der Waals surface area contributed by atoms with Crippen LogP contribution in [0.15, 0.2) is 0 Å². The van der Waals surface area contributed by atoms with Gasteiger partial charge < -0.3 is 10.4 Å². The number of aliphatic hydroxyl groups excluding tert-OH is 1. The summed E-state index contributed by atoms with van der Waals surface area (Å²) < 4.78 is 0. The van der Waals surface area contributed by atoms with E-state index in [-0.39, 0.29) is 6.10 Å². The third kappa shape index (κ3) is 3.94. The Morgan fingerprint density at radius 1 is 1.18 bits per heavy atom. The van der Waals surface area contributed by atoms with Crippen LogP contribution in [-0.4, -0.2) is 48.3 Å². The SMILES string of the molecule is CCN1C[C@H](O)C[C@H]1CNCC1CCCCC1. The fourth-order valence-corrected chi connectivity index (χ4v) is 3.40. The number of nitrogens with zero attached hydrogens (tertiary/aromatic N) is 1. The molecule has 1 saturated heterocycles. The van der Waals surface area contributed by atoms with Gasteiger partial charge in [-0.15, -0.1) is 0 Å². The lowest BCUT2D eigenvalue weighted by Crippen LogP contribution is -2.39. The zero-order chi connectivity index (χ0) is 12.1. The number of hydrogen-bond acceptors (Lipinski definition) is 3. The van der Waals surface area contributed by atoms with Crippen LogP contribution in [0.2, 0.25) is 0 Å². The lowest BCUT2D eigenvalue weighted by molar-refractivity contribution is 0.177. The first-order chi connectivity index (χ1) is 8.29. The average Bonchev–Trinajstić information content (AvgIpc) is 2.71. The van der Waals surface area contributed by atoms with Crippen molar-refractivity contribution in [3.05, 3.63) is 0 Å². The molecule has 3 nitrogen and oxygen atoms in total. The van der Waals surface area contributed by atoms with E-state index in [1.54, 1.807) is 0 Å². The first-order valence-electron chi connectivity index (χ1n) is 7.42. The molecule has 0 aromatic rings. The molecule has 2 aliphatic rings. The van der Waals surface area contributed by atoms with Crippen LogP contribution in [0.3, 0.4) is 0 Å². The number of hydrogen-bond donors (Lipinski definition) is 2. The minimum absolute atomic E-state index is 0.101. The summed E-state index contributed by atoms with van der Waals surface area (Å²) in [6.45, 7) is 6.36. The summed E-state index contributed by atoms with van der Waals surface area (Å²) in [6, 6.07) is 0.554. The predicted octanol–water partition coefficient (Wildman–Crippen LogP) is 1.61. The van der Waals surface area contributed by atoms with Crippen LogP contribution in [0.4, 0.5) is 0 Å². The summed E-state index contributed by atoms with van der Waals surface area (Å²) >= 11 is 0. The molecule has 3 heteroatoms. The van der Waals surface area contributed by atoms with E-state index < -0.39 is 0 Å². The molecule has 0 unspecified atom stereocenters. The number of nitrogens with one attached hydrogen (secondary N) is 1. The van der Waals surface area contributed by atoms with Gasteiger partial charge in [0.15, 0.2) is 0 Å². The van der Waals surface area contributed by atoms with E-state index in [4.69, 9.17) is 0 Å². The van der Waals surface area contributed by atoms with Crippen molar-refractivity contribution in [1.82, 2.24) is 10.2 Å². The monoisotopic (exact) mass is 240 g/mol. The van der Waals surface area contributed by atoms with Gasteiger partial charge in [0, 0.05) is 19.1 Å². The molecular formula is C14H28N2O. The number of rotatable bonds is 5. The van der Waals surface area contributed by atoms with Gasteiger partial charge in [-0.2, -0.15) is 0 Å². The fourth-order valence-electron chi connectivity index (χ4n) is 3.40. The summed E-state index contributed by atoms with van der Waals surface area (Å²) in [7, 11) is 0. The van der Waals surface area contributed by atoms with Gasteiger partial charge in [-0.3, -0.25) is 4.90 Å². The highest BCUT2D eigenvalue weighted by atomic mass is 16.3. The molecule has 100 valence electrons. The van der Waals surface area contributed by atoms with Crippen molar-refractivity contribution in [2.75, 3.05) is 26.2 Å². The van der Waals surface area contributed by atoms with E-state index >= 15 is 0 Å². The number of β-amino-alcohol motifs (C(OH)–C–C–N with tert-alkyl or cyclic N) is 1. The standard InChI is InChI=1S/C14H28N2O/c1-2-16-11-14(17)8-13(16)10-15-9-12-6-4-3-5-7-12/h12-15,17H,2-11H2,1H3/t13-,14+/m0/s1. The summed E-state index contributed by atoms with van der Waals surface area (Å²) in [4.78, 5) is 2.40. The minimum atomic E-state index is -0.101. The molecule has 2 N–H and O–H groups in total. The van der Waals surface area contributed by atoms with Gasteiger partial charge in [0.05, 0.1) is 6.10 Å². The Morgan fingerprint density at radius 2 is 1.94 bits per heavy atom. The molecule has 2 atom stereocenters. The molecule has 0 bridgehead atoms. The van der Waals surface area contributed by atoms with Crippen LogP contribution in [0.5, 0.6) is 0 Å². The molecule has 1 heterocycles. The summed E-state index contributed by atoms with van der Waals surface area (Å²) in [6.07, 6.45) is 7.97. The number of aliphatic hydroxyl groups is 1. The molecule has 1 saturated carbocycles. The van der Waals surface area contributed by atoms with Crippen molar-refractivity contribution in [2.45, 2.75) is 57.6 Å².